The van der Waals surface area contributed by atoms with Gasteiger partial charge in [0.25, 0.3) is 11.6 Å². The largest absolute Gasteiger partial charge is 0.480 e. The number of amides is 1. The molecule has 0 aliphatic rings. The fourth-order valence-corrected chi connectivity index (χ4v) is 1.47. The van der Waals surface area contributed by atoms with Crippen LogP contribution >= 0.6 is 0 Å². The quantitative estimate of drug-likeness (QED) is 0.466. The lowest BCUT2D eigenvalue weighted by molar-refractivity contribution is -0.385. The second kappa shape index (κ2) is 6.41. The molecule has 0 heterocycles. The highest BCUT2D eigenvalue weighted by molar-refractivity contribution is 6.00. The topological polar surface area (TPSA) is 110 Å². The molecular formula is C12H11FN2O5. The molecule has 0 fully saturated rings. The Bertz CT molecular complexity index is 573. The fourth-order valence-electron chi connectivity index (χ4n) is 1.47. The standard InChI is InChI=1S/C12H11FN2O5/c1-2-3-9(12(17)18)14-11(16)8-6-7(13)4-5-10(8)15(19)20/h2,4-6,9H,1,3H2,(H,14,16)(H,17,18). The number of benzene rings is 1. The second-order valence-corrected chi connectivity index (χ2v) is 3.81. The number of halogens is 1. The van der Waals surface area contributed by atoms with Crippen molar-refractivity contribution >= 4 is 17.6 Å². The van der Waals surface area contributed by atoms with Crippen molar-refractivity contribution in [2.45, 2.75) is 12.5 Å². The van der Waals surface area contributed by atoms with Crippen LogP contribution in [-0.2, 0) is 4.79 Å². The van der Waals surface area contributed by atoms with Crippen molar-refractivity contribution in [1.29, 1.82) is 0 Å². The highest BCUT2D eigenvalue weighted by Gasteiger charge is 2.25. The van der Waals surface area contributed by atoms with Gasteiger partial charge >= 0.3 is 5.97 Å². The van der Waals surface area contributed by atoms with E-state index in [0.717, 1.165) is 12.1 Å². The summed E-state index contributed by atoms with van der Waals surface area (Å²) in [5, 5.41) is 21.7. The first-order valence-corrected chi connectivity index (χ1v) is 5.45. The molecule has 8 heteroatoms. The number of nitrogens with zero attached hydrogens (tertiary/aromatic N) is 1. The molecule has 0 radical (unpaired) electrons. The number of hydrogen-bond donors (Lipinski definition) is 2. The fraction of sp³-hybridized carbons (Fsp3) is 0.167. The number of aliphatic carboxylic acids is 1. The van der Waals surface area contributed by atoms with Crippen LogP contribution in [0.2, 0.25) is 0 Å². The lowest BCUT2D eigenvalue weighted by Gasteiger charge is -2.12. The summed E-state index contributed by atoms with van der Waals surface area (Å²) in [6, 6.07) is 1.07. The number of rotatable bonds is 6. The first-order valence-electron chi connectivity index (χ1n) is 5.45. The Morgan fingerprint density at radius 3 is 2.70 bits per heavy atom. The molecule has 1 rings (SSSR count). The summed E-state index contributed by atoms with van der Waals surface area (Å²) in [5.41, 5.74) is -1.14. The molecule has 0 bridgehead atoms. The number of carbonyl (C=O) groups is 2. The Balaban J connectivity index is 3.07. The molecule has 20 heavy (non-hydrogen) atoms. The van der Waals surface area contributed by atoms with Gasteiger partial charge in [-0.25, -0.2) is 9.18 Å². The van der Waals surface area contributed by atoms with Crippen molar-refractivity contribution in [3.63, 3.8) is 0 Å². The molecule has 0 aliphatic heterocycles. The predicted molar refractivity (Wildman–Crippen MR) is 66.8 cm³/mol. The summed E-state index contributed by atoms with van der Waals surface area (Å²) < 4.78 is 13.1. The van der Waals surface area contributed by atoms with E-state index >= 15 is 0 Å². The van der Waals surface area contributed by atoms with Gasteiger partial charge in [-0.05, 0) is 18.6 Å². The van der Waals surface area contributed by atoms with Gasteiger partial charge in [0.1, 0.15) is 17.4 Å². The van der Waals surface area contributed by atoms with Gasteiger partial charge in [0.05, 0.1) is 4.92 Å². The van der Waals surface area contributed by atoms with E-state index < -0.39 is 39.9 Å². The number of carboxylic acid groups (broad SMARTS) is 1. The molecule has 7 nitrogen and oxygen atoms in total. The van der Waals surface area contributed by atoms with E-state index in [1.807, 2.05) is 0 Å². The average molecular weight is 282 g/mol. The van der Waals surface area contributed by atoms with Crippen molar-refractivity contribution < 1.29 is 24.0 Å². The lowest BCUT2D eigenvalue weighted by atomic mass is 10.1. The Labute approximate surface area is 112 Å². The molecule has 1 aromatic carbocycles. The zero-order valence-corrected chi connectivity index (χ0v) is 10.2. The molecule has 1 atom stereocenters. The van der Waals surface area contributed by atoms with Gasteiger partial charge in [0.2, 0.25) is 0 Å². The summed E-state index contributed by atoms with van der Waals surface area (Å²) in [7, 11) is 0. The van der Waals surface area contributed by atoms with Crippen molar-refractivity contribution in [2.24, 2.45) is 0 Å². The molecule has 1 aromatic rings. The molecule has 2 N–H and O–H groups in total. The molecule has 1 unspecified atom stereocenters. The van der Waals surface area contributed by atoms with E-state index in [-0.39, 0.29) is 6.42 Å². The Kier molecular flexibility index (Phi) is 4.90. The minimum atomic E-state index is -1.32. The van der Waals surface area contributed by atoms with E-state index in [2.05, 4.69) is 11.9 Å². The van der Waals surface area contributed by atoms with Crippen LogP contribution in [-0.4, -0.2) is 27.9 Å². The first-order chi connectivity index (χ1) is 9.36. The van der Waals surface area contributed by atoms with Crippen LogP contribution < -0.4 is 5.32 Å². The third-order valence-electron chi connectivity index (χ3n) is 2.41. The van der Waals surface area contributed by atoms with Gasteiger partial charge < -0.3 is 10.4 Å². The number of carbonyl (C=O) groups excluding carboxylic acids is 1. The molecule has 0 aromatic heterocycles. The van der Waals surface area contributed by atoms with Crippen LogP contribution in [0.5, 0.6) is 0 Å². The first kappa shape index (κ1) is 15.3. The van der Waals surface area contributed by atoms with Gasteiger partial charge in [-0.2, -0.15) is 0 Å². The van der Waals surface area contributed by atoms with Crippen molar-refractivity contribution in [3.05, 3.63) is 52.3 Å². The highest BCUT2D eigenvalue weighted by Crippen LogP contribution is 2.19. The molecule has 1 amide bonds. The number of nitro groups is 1. The zero-order valence-electron chi connectivity index (χ0n) is 10.2. The molecule has 106 valence electrons. The number of carboxylic acids is 1. The van der Waals surface area contributed by atoms with Crippen LogP contribution in [0.15, 0.2) is 30.9 Å². The molecular weight excluding hydrogens is 271 g/mol. The third kappa shape index (κ3) is 3.61. The normalized spacial score (nSPS) is 11.4. The minimum absolute atomic E-state index is 0.0653. The van der Waals surface area contributed by atoms with Gasteiger partial charge in [-0.1, -0.05) is 6.08 Å². The van der Waals surface area contributed by atoms with E-state index in [1.54, 1.807) is 0 Å². The van der Waals surface area contributed by atoms with Gasteiger partial charge in [0, 0.05) is 6.07 Å². The smallest absolute Gasteiger partial charge is 0.326 e. The summed E-state index contributed by atoms with van der Waals surface area (Å²) in [5.74, 6) is -3.20. The van der Waals surface area contributed by atoms with E-state index in [1.165, 1.54) is 6.08 Å². The maximum Gasteiger partial charge on any atom is 0.326 e. The zero-order chi connectivity index (χ0) is 15.3. The van der Waals surface area contributed by atoms with E-state index in [9.17, 15) is 24.1 Å². The number of hydrogen-bond acceptors (Lipinski definition) is 4. The van der Waals surface area contributed by atoms with Crippen LogP contribution in [0.3, 0.4) is 0 Å². The predicted octanol–water partition coefficient (Wildman–Crippen LogP) is 1.49. The van der Waals surface area contributed by atoms with Crippen LogP contribution in [0.4, 0.5) is 10.1 Å². The van der Waals surface area contributed by atoms with Crippen molar-refractivity contribution in [3.8, 4) is 0 Å². The summed E-state index contributed by atoms with van der Waals surface area (Å²) in [4.78, 5) is 32.6. The van der Waals surface area contributed by atoms with Crippen LogP contribution in [0, 0.1) is 15.9 Å². The summed E-state index contributed by atoms with van der Waals surface area (Å²) >= 11 is 0. The molecule has 0 saturated carbocycles. The number of nitrogens with one attached hydrogen (secondary N) is 1. The Morgan fingerprint density at radius 1 is 1.55 bits per heavy atom. The summed E-state index contributed by atoms with van der Waals surface area (Å²) in [6.07, 6.45) is 1.21. The minimum Gasteiger partial charge on any atom is -0.480 e. The maximum absolute atomic E-state index is 13.1. The Hall–Kier alpha value is -2.77. The second-order valence-electron chi connectivity index (χ2n) is 3.81. The molecule has 0 spiro atoms. The summed E-state index contributed by atoms with van der Waals surface area (Å²) in [6.45, 7) is 3.34. The van der Waals surface area contributed by atoms with Crippen molar-refractivity contribution in [1.82, 2.24) is 5.32 Å². The van der Waals surface area contributed by atoms with Gasteiger partial charge in [-0.15, -0.1) is 6.58 Å². The van der Waals surface area contributed by atoms with Gasteiger partial charge in [-0.3, -0.25) is 14.9 Å². The van der Waals surface area contributed by atoms with E-state index in [4.69, 9.17) is 5.11 Å². The SMILES string of the molecule is C=CCC(NC(=O)c1cc(F)ccc1[N+](=O)[O-])C(=O)O. The monoisotopic (exact) mass is 282 g/mol. The average Bonchev–Trinajstić information content (AvgIpc) is 2.37. The molecule has 0 saturated heterocycles. The number of nitro benzene ring substituents is 1. The van der Waals surface area contributed by atoms with Gasteiger partial charge in [0.15, 0.2) is 0 Å². The third-order valence-corrected chi connectivity index (χ3v) is 2.41. The van der Waals surface area contributed by atoms with Crippen LogP contribution in [0.1, 0.15) is 16.8 Å². The Morgan fingerprint density at radius 2 is 2.20 bits per heavy atom. The van der Waals surface area contributed by atoms with Crippen molar-refractivity contribution in [2.75, 3.05) is 0 Å². The van der Waals surface area contributed by atoms with Crippen LogP contribution in [0.25, 0.3) is 0 Å². The maximum atomic E-state index is 13.1. The highest BCUT2D eigenvalue weighted by atomic mass is 19.1. The molecule has 0 aliphatic carbocycles. The lowest BCUT2D eigenvalue weighted by Crippen LogP contribution is -2.40. The van der Waals surface area contributed by atoms with E-state index in [0.29, 0.717) is 6.07 Å².